The SMILES string of the molecule is Cc1cccc(NC(=O)[C@@H]2CCC(=O)N2C2OC(=O)c3ccccc32)c1C. The molecule has 0 spiro atoms. The molecule has 2 aromatic carbocycles. The van der Waals surface area contributed by atoms with E-state index in [1.165, 1.54) is 4.90 Å². The lowest BCUT2D eigenvalue weighted by atomic mass is 10.1. The van der Waals surface area contributed by atoms with Crippen LogP contribution in [0.3, 0.4) is 0 Å². The molecule has 1 N–H and O–H groups in total. The Morgan fingerprint density at radius 1 is 1.11 bits per heavy atom. The van der Waals surface area contributed by atoms with Crippen molar-refractivity contribution in [3.63, 3.8) is 0 Å². The van der Waals surface area contributed by atoms with Gasteiger partial charge in [-0.25, -0.2) is 4.79 Å². The molecule has 27 heavy (non-hydrogen) atoms. The van der Waals surface area contributed by atoms with Gasteiger partial charge in [-0.05, 0) is 43.5 Å². The lowest BCUT2D eigenvalue weighted by Crippen LogP contribution is -2.44. The molecule has 0 aliphatic carbocycles. The quantitative estimate of drug-likeness (QED) is 0.849. The fraction of sp³-hybridized carbons (Fsp3) is 0.286. The third kappa shape index (κ3) is 2.87. The highest BCUT2D eigenvalue weighted by atomic mass is 16.6. The van der Waals surface area contributed by atoms with Gasteiger partial charge in [0.25, 0.3) is 0 Å². The minimum atomic E-state index is -0.849. The van der Waals surface area contributed by atoms with E-state index in [2.05, 4.69) is 5.32 Å². The summed E-state index contributed by atoms with van der Waals surface area (Å²) in [6.45, 7) is 3.92. The van der Waals surface area contributed by atoms with Gasteiger partial charge in [-0.15, -0.1) is 0 Å². The Morgan fingerprint density at radius 2 is 1.89 bits per heavy atom. The summed E-state index contributed by atoms with van der Waals surface area (Å²) >= 11 is 0. The molecule has 2 atom stereocenters. The lowest BCUT2D eigenvalue weighted by molar-refractivity contribution is -0.144. The van der Waals surface area contributed by atoms with Gasteiger partial charge in [0.15, 0.2) is 0 Å². The van der Waals surface area contributed by atoms with Crippen molar-refractivity contribution in [3.8, 4) is 0 Å². The number of anilines is 1. The van der Waals surface area contributed by atoms with Crippen LogP contribution in [0.1, 0.15) is 46.1 Å². The summed E-state index contributed by atoms with van der Waals surface area (Å²) in [4.78, 5) is 39.0. The number of esters is 1. The number of nitrogens with zero attached hydrogens (tertiary/aromatic N) is 1. The van der Waals surface area contributed by atoms with Crippen molar-refractivity contribution >= 4 is 23.5 Å². The van der Waals surface area contributed by atoms with E-state index < -0.39 is 18.2 Å². The highest BCUT2D eigenvalue weighted by Gasteiger charge is 2.46. The molecule has 1 saturated heterocycles. The van der Waals surface area contributed by atoms with Gasteiger partial charge in [-0.3, -0.25) is 14.5 Å². The molecule has 0 radical (unpaired) electrons. The summed E-state index contributed by atoms with van der Waals surface area (Å²) < 4.78 is 5.45. The number of carbonyl (C=O) groups is 3. The van der Waals surface area contributed by atoms with Gasteiger partial charge in [0.1, 0.15) is 6.04 Å². The van der Waals surface area contributed by atoms with Crippen molar-refractivity contribution in [2.24, 2.45) is 0 Å². The van der Waals surface area contributed by atoms with Crippen molar-refractivity contribution in [3.05, 3.63) is 64.7 Å². The predicted molar refractivity (Wildman–Crippen MR) is 99.0 cm³/mol. The molecule has 6 heteroatoms. The van der Waals surface area contributed by atoms with Crippen LogP contribution in [0.15, 0.2) is 42.5 Å². The summed E-state index contributed by atoms with van der Waals surface area (Å²) in [6.07, 6.45) is -0.203. The van der Waals surface area contributed by atoms with E-state index in [4.69, 9.17) is 4.74 Å². The fourth-order valence-electron chi connectivity index (χ4n) is 3.69. The van der Waals surface area contributed by atoms with E-state index in [1.807, 2.05) is 32.0 Å². The molecule has 1 fully saturated rings. The van der Waals surface area contributed by atoms with E-state index >= 15 is 0 Å². The molecular formula is C21H20N2O4. The zero-order valence-corrected chi connectivity index (χ0v) is 15.2. The van der Waals surface area contributed by atoms with Crippen molar-refractivity contribution in [2.45, 2.75) is 39.0 Å². The molecule has 2 aliphatic heterocycles. The first-order chi connectivity index (χ1) is 13.0. The minimum absolute atomic E-state index is 0.189. The van der Waals surface area contributed by atoms with Gasteiger partial charge in [-0.2, -0.15) is 0 Å². The van der Waals surface area contributed by atoms with E-state index in [1.54, 1.807) is 24.3 Å². The molecule has 0 saturated carbocycles. The summed E-state index contributed by atoms with van der Waals surface area (Å²) in [7, 11) is 0. The Labute approximate surface area is 157 Å². The van der Waals surface area contributed by atoms with Gasteiger partial charge in [0.05, 0.1) is 5.56 Å². The van der Waals surface area contributed by atoms with Crippen LogP contribution in [0.25, 0.3) is 0 Å². The van der Waals surface area contributed by atoms with E-state index in [9.17, 15) is 14.4 Å². The second-order valence-electron chi connectivity index (χ2n) is 6.94. The number of nitrogens with one attached hydrogen (secondary N) is 1. The molecule has 2 aromatic rings. The van der Waals surface area contributed by atoms with E-state index in [0.717, 1.165) is 16.8 Å². The standard InChI is InChI=1S/C21H20N2O4/c1-12-6-5-9-16(13(12)2)22-19(25)17-10-11-18(24)23(17)20-14-7-3-4-8-15(14)21(26)27-20/h3-9,17,20H,10-11H2,1-2H3,(H,22,25)/t17-,20?/m0/s1. The summed E-state index contributed by atoms with van der Waals surface area (Å²) in [5.41, 5.74) is 3.85. The highest BCUT2D eigenvalue weighted by Crippen LogP contribution is 2.38. The van der Waals surface area contributed by atoms with Crippen LogP contribution >= 0.6 is 0 Å². The van der Waals surface area contributed by atoms with Crippen LogP contribution in [-0.4, -0.2) is 28.7 Å². The zero-order valence-electron chi connectivity index (χ0n) is 15.2. The summed E-state index contributed by atoms with van der Waals surface area (Å²) in [5, 5.41) is 2.93. The predicted octanol–water partition coefficient (Wildman–Crippen LogP) is 3.10. The van der Waals surface area contributed by atoms with Crippen LogP contribution in [0.4, 0.5) is 5.69 Å². The maximum absolute atomic E-state index is 12.9. The number of hydrogen-bond acceptors (Lipinski definition) is 4. The number of amides is 2. The Bertz CT molecular complexity index is 953. The van der Waals surface area contributed by atoms with Gasteiger partial charge in [0.2, 0.25) is 18.0 Å². The third-order valence-electron chi connectivity index (χ3n) is 5.34. The molecule has 0 bridgehead atoms. The smallest absolute Gasteiger partial charge is 0.340 e. The third-order valence-corrected chi connectivity index (χ3v) is 5.34. The highest BCUT2D eigenvalue weighted by molar-refractivity contribution is 6.00. The first kappa shape index (κ1) is 17.3. The number of cyclic esters (lactones) is 1. The lowest BCUT2D eigenvalue weighted by Gasteiger charge is -2.29. The van der Waals surface area contributed by atoms with Gasteiger partial charge in [-0.1, -0.05) is 30.3 Å². The van der Waals surface area contributed by atoms with Crippen LogP contribution < -0.4 is 5.32 Å². The average molecular weight is 364 g/mol. The molecule has 138 valence electrons. The fourth-order valence-corrected chi connectivity index (χ4v) is 3.69. The van der Waals surface area contributed by atoms with E-state index in [0.29, 0.717) is 17.5 Å². The molecule has 2 amide bonds. The van der Waals surface area contributed by atoms with Gasteiger partial charge in [0, 0.05) is 17.7 Å². The van der Waals surface area contributed by atoms with Crippen molar-refractivity contribution in [1.82, 2.24) is 4.90 Å². The maximum atomic E-state index is 12.9. The maximum Gasteiger partial charge on any atom is 0.340 e. The number of ether oxygens (including phenoxy) is 1. The molecule has 0 aromatic heterocycles. The Kier molecular flexibility index (Phi) is 4.18. The zero-order chi connectivity index (χ0) is 19.1. The van der Waals surface area contributed by atoms with Crippen LogP contribution in [0.2, 0.25) is 0 Å². The Morgan fingerprint density at radius 3 is 2.70 bits per heavy atom. The summed E-state index contributed by atoms with van der Waals surface area (Å²) in [5.74, 6) is -0.926. The molecule has 4 rings (SSSR count). The molecule has 2 aliphatic rings. The number of fused-ring (bicyclic) bond motifs is 1. The average Bonchev–Trinajstić information content (AvgIpc) is 3.19. The number of likely N-dealkylation sites (tertiary alicyclic amines) is 1. The van der Waals surface area contributed by atoms with Crippen molar-refractivity contribution in [2.75, 3.05) is 5.32 Å². The number of aryl methyl sites for hydroxylation is 1. The normalized spacial score (nSPS) is 21.2. The summed E-state index contributed by atoms with van der Waals surface area (Å²) in [6, 6.07) is 12.0. The van der Waals surface area contributed by atoms with Gasteiger partial charge >= 0.3 is 5.97 Å². The van der Waals surface area contributed by atoms with E-state index in [-0.39, 0.29) is 18.2 Å². The second kappa shape index (κ2) is 6.54. The Hall–Kier alpha value is -3.15. The number of hydrogen-bond donors (Lipinski definition) is 1. The van der Waals surface area contributed by atoms with Crippen molar-refractivity contribution in [1.29, 1.82) is 0 Å². The molecule has 6 nitrogen and oxygen atoms in total. The molecule has 1 unspecified atom stereocenters. The van der Waals surface area contributed by atoms with Crippen LogP contribution in [-0.2, 0) is 14.3 Å². The number of carbonyl (C=O) groups excluding carboxylic acids is 3. The largest absolute Gasteiger partial charge is 0.433 e. The number of benzene rings is 2. The van der Waals surface area contributed by atoms with Gasteiger partial charge < -0.3 is 10.1 Å². The molecular weight excluding hydrogens is 344 g/mol. The minimum Gasteiger partial charge on any atom is -0.433 e. The second-order valence-corrected chi connectivity index (χ2v) is 6.94. The first-order valence-electron chi connectivity index (χ1n) is 8.95. The van der Waals surface area contributed by atoms with Crippen LogP contribution in [0, 0.1) is 13.8 Å². The monoisotopic (exact) mass is 364 g/mol. The topological polar surface area (TPSA) is 75.7 Å². The van der Waals surface area contributed by atoms with Crippen LogP contribution in [0.5, 0.6) is 0 Å². The molecule has 2 heterocycles. The van der Waals surface area contributed by atoms with Crippen molar-refractivity contribution < 1.29 is 19.1 Å². The Balaban J connectivity index is 1.62. The first-order valence-corrected chi connectivity index (χ1v) is 8.95. The number of rotatable bonds is 3.